The molecule has 76 valence electrons. The normalized spacial score (nSPS) is 12.4. The summed E-state index contributed by atoms with van der Waals surface area (Å²) in [4.78, 5) is 10.5. The van der Waals surface area contributed by atoms with E-state index in [1.54, 1.807) is 0 Å². The van der Waals surface area contributed by atoms with E-state index in [1.165, 1.54) is 0 Å². The monoisotopic (exact) mass is 193 g/mol. The maximum atomic E-state index is 10.5. The molecular weight excluding hydrogens is 178 g/mol. The third-order valence-corrected chi connectivity index (χ3v) is 2.16. The molecule has 0 heterocycles. The molecule has 14 heavy (non-hydrogen) atoms. The van der Waals surface area contributed by atoms with Crippen LogP contribution in [-0.4, -0.2) is 17.6 Å². The van der Waals surface area contributed by atoms with E-state index in [1.807, 2.05) is 30.3 Å². The van der Waals surface area contributed by atoms with Gasteiger partial charge in [-0.15, -0.1) is 0 Å². The zero-order chi connectivity index (χ0) is 10.4. The van der Waals surface area contributed by atoms with E-state index < -0.39 is 5.97 Å². The van der Waals surface area contributed by atoms with Crippen LogP contribution in [0.5, 0.6) is 0 Å². The molecule has 0 fully saturated rings. The van der Waals surface area contributed by atoms with Gasteiger partial charge in [-0.3, -0.25) is 4.79 Å². The predicted octanol–water partition coefficient (Wildman–Crippen LogP) is 1.28. The second-order valence-electron chi connectivity index (χ2n) is 3.39. The molecule has 1 aromatic carbocycles. The van der Waals surface area contributed by atoms with Gasteiger partial charge in [0, 0.05) is 6.42 Å². The maximum Gasteiger partial charge on any atom is 0.303 e. The van der Waals surface area contributed by atoms with E-state index in [0.29, 0.717) is 6.54 Å². The second kappa shape index (κ2) is 5.40. The lowest BCUT2D eigenvalue weighted by atomic mass is 9.96. The van der Waals surface area contributed by atoms with Crippen molar-refractivity contribution >= 4 is 5.97 Å². The van der Waals surface area contributed by atoms with Crippen LogP contribution in [0.25, 0.3) is 0 Å². The zero-order valence-electron chi connectivity index (χ0n) is 8.02. The van der Waals surface area contributed by atoms with E-state index in [9.17, 15) is 4.79 Å². The van der Waals surface area contributed by atoms with E-state index >= 15 is 0 Å². The van der Waals surface area contributed by atoms with Crippen LogP contribution in [0.3, 0.4) is 0 Å². The summed E-state index contributed by atoms with van der Waals surface area (Å²) in [7, 11) is 0. The average Bonchev–Trinajstić information content (AvgIpc) is 2.17. The molecule has 0 spiro atoms. The molecule has 0 aliphatic heterocycles. The first-order valence-electron chi connectivity index (χ1n) is 4.68. The van der Waals surface area contributed by atoms with E-state index in [-0.39, 0.29) is 12.3 Å². The molecule has 0 aliphatic carbocycles. The highest BCUT2D eigenvalue weighted by Gasteiger charge is 2.11. The molecule has 1 rings (SSSR count). The fraction of sp³-hybridized carbons (Fsp3) is 0.364. The van der Waals surface area contributed by atoms with Crippen molar-refractivity contribution in [3.8, 4) is 0 Å². The van der Waals surface area contributed by atoms with Crippen molar-refractivity contribution in [2.45, 2.75) is 12.8 Å². The van der Waals surface area contributed by atoms with Crippen molar-refractivity contribution in [3.63, 3.8) is 0 Å². The van der Waals surface area contributed by atoms with Crippen LogP contribution in [0.2, 0.25) is 0 Å². The van der Waals surface area contributed by atoms with Crippen molar-refractivity contribution < 1.29 is 9.90 Å². The van der Waals surface area contributed by atoms with Gasteiger partial charge in [-0.1, -0.05) is 30.3 Å². The van der Waals surface area contributed by atoms with Crippen molar-refractivity contribution in [2.24, 2.45) is 11.7 Å². The van der Waals surface area contributed by atoms with Crippen LogP contribution in [0, 0.1) is 5.92 Å². The number of aliphatic carboxylic acids is 1. The summed E-state index contributed by atoms with van der Waals surface area (Å²) < 4.78 is 0. The molecule has 1 aromatic rings. The van der Waals surface area contributed by atoms with Crippen molar-refractivity contribution in [1.82, 2.24) is 0 Å². The minimum atomic E-state index is -0.781. The molecule has 0 saturated heterocycles. The lowest BCUT2D eigenvalue weighted by molar-refractivity contribution is -0.138. The second-order valence-corrected chi connectivity index (χ2v) is 3.39. The van der Waals surface area contributed by atoms with Gasteiger partial charge in [0.25, 0.3) is 0 Å². The van der Waals surface area contributed by atoms with Crippen LogP contribution in [0.15, 0.2) is 30.3 Å². The summed E-state index contributed by atoms with van der Waals surface area (Å²) in [6.07, 6.45) is 0.884. The first-order chi connectivity index (χ1) is 6.72. The van der Waals surface area contributed by atoms with Gasteiger partial charge in [-0.05, 0) is 24.4 Å². The molecule has 1 atom stereocenters. The molecule has 0 saturated carbocycles. The summed E-state index contributed by atoms with van der Waals surface area (Å²) in [6, 6.07) is 9.82. The summed E-state index contributed by atoms with van der Waals surface area (Å²) in [6.45, 7) is 0.418. The van der Waals surface area contributed by atoms with Crippen LogP contribution >= 0.6 is 0 Å². The van der Waals surface area contributed by atoms with E-state index in [0.717, 1.165) is 12.0 Å². The molecule has 3 nitrogen and oxygen atoms in total. The first-order valence-corrected chi connectivity index (χ1v) is 4.68. The molecule has 3 heteroatoms. The summed E-state index contributed by atoms with van der Waals surface area (Å²) in [5.41, 5.74) is 6.65. The van der Waals surface area contributed by atoms with Gasteiger partial charge in [0.1, 0.15) is 0 Å². The quantitative estimate of drug-likeness (QED) is 0.740. The maximum absolute atomic E-state index is 10.5. The van der Waals surface area contributed by atoms with Crippen LogP contribution in [-0.2, 0) is 11.2 Å². The first kappa shape index (κ1) is 10.7. The zero-order valence-corrected chi connectivity index (χ0v) is 8.02. The Morgan fingerprint density at radius 2 is 2.00 bits per heavy atom. The number of carboxylic acid groups (broad SMARTS) is 1. The van der Waals surface area contributed by atoms with Gasteiger partial charge in [0.2, 0.25) is 0 Å². The Hall–Kier alpha value is -1.35. The average molecular weight is 193 g/mol. The highest BCUT2D eigenvalue weighted by molar-refractivity contribution is 5.67. The number of hydrogen-bond donors (Lipinski definition) is 2. The molecule has 3 N–H and O–H groups in total. The Kier molecular flexibility index (Phi) is 4.13. The topological polar surface area (TPSA) is 63.3 Å². The molecular formula is C11H15NO2. The van der Waals surface area contributed by atoms with Crippen LogP contribution in [0.1, 0.15) is 12.0 Å². The predicted molar refractivity (Wildman–Crippen MR) is 54.9 cm³/mol. The Morgan fingerprint density at radius 1 is 1.36 bits per heavy atom. The Labute approximate surface area is 83.6 Å². The molecule has 0 aromatic heterocycles. The van der Waals surface area contributed by atoms with Gasteiger partial charge in [-0.25, -0.2) is 0 Å². The number of carboxylic acids is 1. The number of carbonyl (C=O) groups is 1. The third-order valence-electron chi connectivity index (χ3n) is 2.16. The fourth-order valence-electron chi connectivity index (χ4n) is 1.43. The highest BCUT2D eigenvalue weighted by atomic mass is 16.4. The number of rotatable bonds is 5. The van der Waals surface area contributed by atoms with Gasteiger partial charge in [0.15, 0.2) is 0 Å². The van der Waals surface area contributed by atoms with Gasteiger partial charge >= 0.3 is 5.97 Å². The lowest BCUT2D eigenvalue weighted by Gasteiger charge is -2.11. The Balaban J connectivity index is 2.53. The standard InChI is InChI=1S/C11H15NO2/c12-8-10(7-11(13)14)6-9-4-2-1-3-5-9/h1-5,10H,6-8,12H2,(H,13,14)/t10-/m1/s1. The third kappa shape index (κ3) is 3.58. The van der Waals surface area contributed by atoms with Crippen molar-refractivity contribution in [1.29, 1.82) is 0 Å². The smallest absolute Gasteiger partial charge is 0.303 e. The number of benzene rings is 1. The van der Waals surface area contributed by atoms with Crippen LogP contribution in [0.4, 0.5) is 0 Å². The number of nitrogens with two attached hydrogens (primary N) is 1. The van der Waals surface area contributed by atoms with Gasteiger partial charge in [-0.2, -0.15) is 0 Å². The molecule has 0 unspecified atom stereocenters. The molecule has 0 aliphatic rings. The van der Waals surface area contributed by atoms with E-state index in [4.69, 9.17) is 10.8 Å². The molecule has 0 bridgehead atoms. The SMILES string of the molecule is NC[C@@H](CC(=O)O)Cc1ccccc1. The minimum Gasteiger partial charge on any atom is -0.481 e. The van der Waals surface area contributed by atoms with Crippen molar-refractivity contribution in [3.05, 3.63) is 35.9 Å². The largest absolute Gasteiger partial charge is 0.481 e. The Bertz CT molecular complexity index is 285. The van der Waals surface area contributed by atoms with Crippen molar-refractivity contribution in [2.75, 3.05) is 6.54 Å². The molecule has 0 amide bonds. The molecule has 0 radical (unpaired) electrons. The summed E-state index contributed by atoms with van der Waals surface area (Å²) >= 11 is 0. The van der Waals surface area contributed by atoms with Gasteiger partial charge in [0.05, 0.1) is 0 Å². The Morgan fingerprint density at radius 3 is 2.50 bits per heavy atom. The van der Waals surface area contributed by atoms with Crippen LogP contribution < -0.4 is 5.73 Å². The summed E-state index contributed by atoms with van der Waals surface area (Å²) in [5, 5.41) is 8.64. The fourth-order valence-corrected chi connectivity index (χ4v) is 1.43. The van der Waals surface area contributed by atoms with Gasteiger partial charge < -0.3 is 10.8 Å². The minimum absolute atomic E-state index is 0.0369. The lowest BCUT2D eigenvalue weighted by Crippen LogP contribution is -2.20. The number of hydrogen-bond acceptors (Lipinski definition) is 2. The highest BCUT2D eigenvalue weighted by Crippen LogP contribution is 2.10. The summed E-state index contributed by atoms with van der Waals surface area (Å²) in [5.74, 6) is -0.744. The van der Waals surface area contributed by atoms with E-state index in [2.05, 4.69) is 0 Å².